The van der Waals surface area contributed by atoms with Crippen LogP contribution < -0.4 is 10.6 Å². The molecule has 0 aliphatic heterocycles. The molecule has 0 bridgehead atoms. The predicted molar refractivity (Wildman–Crippen MR) is 50.3 cm³/mol. The first-order chi connectivity index (χ1) is 6.31. The van der Waals surface area contributed by atoms with Crippen LogP contribution in [0.4, 0.5) is 4.79 Å². The topological polar surface area (TPSA) is 89.9 Å². The maximum absolute atomic E-state index is 10.9. The van der Waals surface area contributed by atoms with E-state index in [1.54, 1.807) is 0 Å². The second kappa shape index (κ2) is 8.67. The number of hydrogen-bond donors (Lipinski definition) is 2. The SMILES string of the molecule is CCCNC(=O)NCCCN=[N+]=[N-]. The van der Waals surface area contributed by atoms with E-state index in [0.29, 0.717) is 26.1 Å². The molecule has 0 rings (SSSR count). The van der Waals surface area contributed by atoms with Gasteiger partial charge < -0.3 is 10.6 Å². The van der Waals surface area contributed by atoms with Crippen molar-refractivity contribution in [3.63, 3.8) is 0 Å². The third kappa shape index (κ3) is 8.49. The third-order valence-electron chi connectivity index (χ3n) is 1.32. The number of urea groups is 1. The maximum atomic E-state index is 10.9. The molecule has 0 spiro atoms. The summed E-state index contributed by atoms with van der Waals surface area (Å²) in [5, 5.41) is 8.65. The van der Waals surface area contributed by atoms with E-state index >= 15 is 0 Å². The summed E-state index contributed by atoms with van der Waals surface area (Å²) in [6.07, 6.45) is 1.59. The van der Waals surface area contributed by atoms with E-state index in [-0.39, 0.29) is 6.03 Å². The van der Waals surface area contributed by atoms with E-state index in [1.165, 1.54) is 0 Å². The number of nitrogens with zero attached hydrogens (tertiary/aromatic N) is 3. The molecular formula is C7H15N5O. The lowest BCUT2D eigenvalue weighted by molar-refractivity contribution is 0.241. The maximum Gasteiger partial charge on any atom is 0.314 e. The Bertz CT molecular complexity index is 187. The van der Waals surface area contributed by atoms with E-state index in [1.807, 2.05) is 6.92 Å². The van der Waals surface area contributed by atoms with Crippen LogP contribution in [0, 0.1) is 0 Å². The molecule has 0 radical (unpaired) electrons. The van der Waals surface area contributed by atoms with E-state index in [4.69, 9.17) is 5.53 Å². The molecule has 6 nitrogen and oxygen atoms in total. The zero-order valence-corrected chi connectivity index (χ0v) is 7.79. The van der Waals surface area contributed by atoms with Gasteiger partial charge in [-0.15, -0.1) is 0 Å². The fourth-order valence-corrected chi connectivity index (χ4v) is 0.697. The van der Waals surface area contributed by atoms with Crippen LogP contribution in [0.25, 0.3) is 10.4 Å². The monoisotopic (exact) mass is 185 g/mol. The fourth-order valence-electron chi connectivity index (χ4n) is 0.697. The first kappa shape index (κ1) is 11.6. The smallest absolute Gasteiger partial charge is 0.314 e. The third-order valence-corrected chi connectivity index (χ3v) is 1.32. The van der Waals surface area contributed by atoms with Crippen LogP contribution in [-0.2, 0) is 0 Å². The van der Waals surface area contributed by atoms with Gasteiger partial charge in [-0.25, -0.2) is 4.79 Å². The van der Waals surface area contributed by atoms with Crippen molar-refractivity contribution < 1.29 is 4.79 Å². The molecule has 0 fully saturated rings. The van der Waals surface area contributed by atoms with Gasteiger partial charge in [-0.2, -0.15) is 0 Å². The Morgan fingerprint density at radius 1 is 1.46 bits per heavy atom. The average molecular weight is 185 g/mol. The molecule has 0 aliphatic rings. The zero-order chi connectivity index (χ0) is 9.94. The summed E-state index contributed by atoms with van der Waals surface area (Å²) in [6.45, 7) is 3.63. The van der Waals surface area contributed by atoms with Gasteiger partial charge in [0.05, 0.1) is 0 Å². The van der Waals surface area contributed by atoms with E-state index in [2.05, 4.69) is 20.7 Å². The normalized spacial score (nSPS) is 8.69. The van der Waals surface area contributed by atoms with Gasteiger partial charge in [0.1, 0.15) is 0 Å². The Morgan fingerprint density at radius 2 is 2.15 bits per heavy atom. The largest absolute Gasteiger partial charge is 0.338 e. The molecule has 74 valence electrons. The minimum atomic E-state index is -0.164. The first-order valence-corrected chi connectivity index (χ1v) is 4.33. The minimum Gasteiger partial charge on any atom is -0.338 e. The highest BCUT2D eigenvalue weighted by atomic mass is 16.2. The summed E-state index contributed by atoms with van der Waals surface area (Å²) in [6, 6.07) is -0.164. The second-order valence-corrected chi connectivity index (χ2v) is 2.49. The van der Waals surface area contributed by atoms with E-state index < -0.39 is 0 Å². The van der Waals surface area contributed by atoms with Crippen molar-refractivity contribution in [2.75, 3.05) is 19.6 Å². The van der Waals surface area contributed by atoms with Crippen molar-refractivity contribution in [1.29, 1.82) is 0 Å². The predicted octanol–water partition coefficient (Wildman–Crippen LogP) is 1.40. The standard InChI is InChI=1S/C7H15N5O/c1-2-4-9-7(13)10-5-3-6-11-12-8/h2-6H2,1H3,(H2,9,10,13). The summed E-state index contributed by atoms with van der Waals surface area (Å²) in [4.78, 5) is 13.5. The van der Waals surface area contributed by atoms with E-state index in [0.717, 1.165) is 6.42 Å². The summed E-state index contributed by atoms with van der Waals surface area (Å²) in [5.41, 5.74) is 7.95. The molecule has 0 unspecified atom stereocenters. The molecule has 0 heterocycles. The van der Waals surface area contributed by atoms with Crippen molar-refractivity contribution in [2.24, 2.45) is 5.11 Å². The number of rotatable bonds is 6. The van der Waals surface area contributed by atoms with Gasteiger partial charge in [0.25, 0.3) is 0 Å². The van der Waals surface area contributed by atoms with Crippen molar-refractivity contribution in [3.05, 3.63) is 10.4 Å². The number of hydrogen-bond acceptors (Lipinski definition) is 2. The molecule has 0 saturated carbocycles. The van der Waals surface area contributed by atoms with Gasteiger partial charge in [-0.3, -0.25) is 0 Å². The number of carbonyl (C=O) groups is 1. The van der Waals surface area contributed by atoms with Gasteiger partial charge in [0, 0.05) is 24.5 Å². The van der Waals surface area contributed by atoms with Gasteiger partial charge in [0.15, 0.2) is 0 Å². The Balaban J connectivity index is 3.21. The molecule has 6 heteroatoms. The Kier molecular flexibility index (Phi) is 7.73. The van der Waals surface area contributed by atoms with Crippen LogP contribution in [0.3, 0.4) is 0 Å². The highest BCUT2D eigenvalue weighted by Crippen LogP contribution is 1.79. The number of azide groups is 1. The van der Waals surface area contributed by atoms with E-state index in [9.17, 15) is 4.79 Å². The highest BCUT2D eigenvalue weighted by Gasteiger charge is 1.95. The average Bonchev–Trinajstić information content (AvgIpc) is 2.14. The molecule has 0 saturated heterocycles. The van der Waals surface area contributed by atoms with Crippen LogP contribution in [0.5, 0.6) is 0 Å². The van der Waals surface area contributed by atoms with Crippen molar-refractivity contribution in [2.45, 2.75) is 19.8 Å². The number of carbonyl (C=O) groups excluding carboxylic acids is 1. The van der Waals surface area contributed by atoms with Crippen LogP contribution in [0.2, 0.25) is 0 Å². The summed E-state index contributed by atoms with van der Waals surface area (Å²) in [7, 11) is 0. The summed E-state index contributed by atoms with van der Waals surface area (Å²) >= 11 is 0. The molecule has 0 aromatic rings. The lowest BCUT2D eigenvalue weighted by Crippen LogP contribution is -2.36. The summed E-state index contributed by atoms with van der Waals surface area (Å²) in [5.74, 6) is 0. The summed E-state index contributed by atoms with van der Waals surface area (Å²) < 4.78 is 0. The highest BCUT2D eigenvalue weighted by molar-refractivity contribution is 5.73. The minimum absolute atomic E-state index is 0.164. The quantitative estimate of drug-likeness (QED) is 0.278. The molecule has 0 aliphatic carbocycles. The molecule has 13 heavy (non-hydrogen) atoms. The number of nitrogens with one attached hydrogen (secondary N) is 2. The molecular weight excluding hydrogens is 170 g/mol. The lowest BCUT2D eigenvalue weighted by Gasteiger charge is -2.04. The van der Waals surface area contributed by atoms with Gasteiger partial charge >= 0.3 is 6.03 Å². The fraction of sp³-hybridized carbons (Fsp3) is 0.857. The molecule has 0 aromatic carbocycles. The van der Waals surface area contributed by atoms with Crippen LogP contribution in [0.15, 0.2) is 5.11 Å². The Labute approximate surface area is 77.3 Å². The van der Waals surface area contributed by atoms with Gasteiger partial charge in [0.2, 0.25) is 0 Å². The van der Waals surface area contributed by atoms with Crippen molar-refractivity contribution in [3.8, 4) is 0 Å². The van der Waals surface area contributed by atoms with Gasteiger partial charge in [-0.05, 0) is 18.4 Å². The first-order valence-electron chi connectivity index (χ1n) is 4.33. The molecule has 0 aromatic heterocycles. The lowest BCUT2D eigenvalue weighted by atomic mass is 10.4. The molecule has 2 amide bonds. The zero-order valence-electron chi connectivity index (χ0n) is 7.79. The van der Waals surface area contributed by atoms with Crippen LogP contribution >= 0.6 is 0 Å². The van der Waals surface area contributed by atoms with Crippen LogP contribution in [0.1, 0.15) is 19.8 Å². The second-order valence-electron chi connectivity index (χ2n) is 2.49. The van der Waals surface area contributed by atoms with Gasteiger partial charge in [-0.1, -0.05) is 12.0 Å². The molecule has 2 N–H and O–H groups in total. The van der Waals surface area contributed by atoms with Crippen molar-refractivity contribution >= 4 is 6.03 Å². The van der Waals surface area contributed by atoms with Crippen molar-refractivity contribution in [1.82, 2.24) is 10.6 Å². The Morgan fingerprint density at radius 3 is 2.77 bits per heavy atom. The molecule has 0 atom stereocenters. The number of amides is 2. The Hall–Kier alpha value is -1.42. The van der Waals surface area contributed by atoms with Crippen LogP contribution in [-0.4, -0.2) is 25.7 Å².